The zero-order valence-corrected chi connectivity index (χ0v) is 6.48. The van der Waals surface area contributed by atoms with Gasteiger partial charge in [-0.1, -0.05) is 13.5 Å². The van der Waals surface area contributed by atoms with Gasteiger partial charge in [-0.05, 0) is 6.42 Å². The van der Waals surface area contributed by atoms with Crippen LogP contribution < -0.4 is 0 Å². The Hall–Kier alpha value is -1.00. The SMILES string of the molecule is C=C(C(=O)O)C(F)(F)C(F)CC. The van der Waals surface area contributed by atoms with Crippen LogP contribution in [-0.2, 0) is 4.79 Å². The predicted molar refractivity (Wildman–Crippen MR) is 36.9 cm³/mol. The first-order valence-corrected chi connectivity index (χ1v) is 3.28. The Morgan fingerprint density at radius 2 is 2.08 bits per heavy atom. The van der Waals surface area contributed by atoms with E-state index in [0.29, 0.717) is 0 Å². The van der Waals surface area contributed by atoms with E-state index in [1.807, 2.05) is 0 Å². The van der Waals surface area contributed by atoms with Crippen molar-refractivity contribution >= 4 is 5.97 Å². The molecule has 0 aliphatic heterocycles. The van der Waals surface area contributed by atoms with E-state index < -0.39 is 30.1 Å². The van der Waals surface area contributed by atoms with E-state index >= 15 is 0 Å². The van der Waals surface area contributed by atoms with Gasteiger partial charge < -0.3 is 5.11 Å². The molecular formula is C7H9F3O2. The van der Waals surface area contributed by atoms with E-state index in [2.05, 4.69) is 6.58 Å². The fourth-order valence-corrected chi connectivity index (χ4v) is 0.588. The summed E-state index contributed by atoms with van der Waals surface area (Å²) in [5.74, 6) is -5.85. The first-order chi connectivity index (χ1) is 5.34. The molecule has 2 nitrogen and oxygen atoms in total. The molecule has 0 saturated heterocycles. The molecule has 0 fully saturated rings. The van der Waals surface area contributed by atoms with Gasteiger partial charge in [0.15, 0.2) is 6.17 Å². The molecule has 0 heterocycles. The van der Waals surface area contributed by atoms with Crippen molar-refractivity contribution in [1.29, 1.82) is 0 Å². The Bertz CT molecular complexity index is 201. The highest BCUT2D eigenvalue weighted by atomic mass is 19.3. The summed E-state index contributed by atoms with van der Waals surface area (Å²) in [5.41, 5.74) is -1.41. The van der Waals surface area contributed by atoms with Gasteiger partial charge in [0.05, 0.1) is 0 Å². The monoisotopic (exact) mass is 182 g/mol. The summed E-state index contributed by atoms with van der Waals surface area (Å²) in [6.07, 6.45) is -2.93. The quantitative estimate of drug-likeness (QED) is 0.675. The summed E-state index contributed by atoms with van der Waals surface area (Å²) < 4.78 is 37.7. The van der Waals surface area contributed by atoms with Crippen molar-refractivity contribution in [2.24, 2.45) is 0 Å². The molecule has 12 heavy (non-hydrogen) atoms. The van der Waals surface area contributed by atoms with Gasteiger partial charge in [0.25, 0.3) is 0 Å². The molecule has 0 aromatic rings. The summed E-state index contributed by atoms with van der Waals surface area (Å²) in [5, 5.41) is 8.12. The lowest BCUT2D eigenvalue weighted by molar-refractivity contribution is -0.138. The largest absolute Gasteiger partial charge is 0.478 e. The summed E-state index contributed by atoms with van der Waals surface area (Å²) in [7, 11) is 0. The fourth-order valence-electron chi connectivity index (χ4n) is 0.588. The standard InChI is InChI=1S/C7H9F3O2/c1-3-5(8)7(9,10)4(2)6(11)12/h5H,2-3H2,1H3,(H,11,12). The molecule has 5 heteroatoms. The minimum absolute atomic E-state index is 0.445. The van der Waals surface area contributed by atoms with E-state index in [1.54, 1.807) is 0 Å². The number of aliphatic carboxylic acids is 1. The number of carboxylic acids is 1. The van der Waals surface area contributed by atoms with Gasteiger partial charge in [-0.3, -0.25) is 0 Å². The van der Waals surface area contributed by atoms with Crippen LogP contribution in [0.4, 0.5) is 13.2 Å². The van der Waals surface area contributed by atoms with E-state index in [0.717, 1.165) is 0 Å². The summed E-state index contributed by atoms with van der Waals surface area (Å²) in [6.45, 7) is 3.81. The molecule has 0 aliphatic rings. The molecule has 0 aromatic carbocycles. The summed E-state index contributed by atoms with van der Waals surface area (Å²) in [6, 6.07) is 0. The van der Waals surface area contributed by atoms with Gasteiger partial charge in [0.2, 0.25) is 0 Å². The number of hydrogen-bond donors (Lipinski definition) is 1. The van der Waals surface area contributed by atoms with E-state index in [1.165, 1.54) is 6.92 Å². The lowest BCUT2D eigenvalue weighted by atomic mass is 10.0. The van der Waals surface area contributed by atoms with Crippen LogP contribution in [0.1, 0.15) is 13.3 Å². The van der Waals surface area contributed by atoms with E-state index in [9.17, 15) is 18.0 Å². The van der Waals surface area contributed by atoms with Crippen LogP contribution in [0, 0.1) is 0 Å². The maximum Gasteiger partial charge on any atom is 0.337 e. The molecule has 0 aromatic heterocycles. The second kappa shape index (κ2) is 3.60. The molecule has 70 valence electrons. The smallest absolute Gasteiger partial charge is 0.337 e. The fraction of sp³-hybridized carbons (Fsp3) is 0.571. The van der Waals surface area contributed by atoms with Crippen molar-refractivity contribution < 1.29 is 23.1 Å². The Kier molecular flexibility index (Phi) is 3.30. The normalized spacial score (nSPS) is 14.0. The highest BCUT2D eigenvalue weighted by molar-refractivity contribution is 5.87. The van der Waals surface area contributed by atoms with Gasteiger partial charge >= 0.3 is 11.9 Å². The highest BCUT2D eigenvalue weighted by Crippen LogP contribution is 2.30. The highest BCUT2D eigenvalue weighted by Gasteiger charge is 2.44. The van der Waals surface area contributed by atoms with Gasteiger partial charge in [0.1, 0.15) is 5.57 Å². The Balaban J connectivity index is 4.60. The minimum atomic E-state index is -3.97. The van der Waals surface area contributed by atoms with E-state index in [-0.39, 0.29) is 0 Å². The maximum atomic E-state index is 12.6. The third-order valence-corrected chi connectivity index (χ3v) is 1.41. The Morgan fingerprint density at radius 3 is 2.33 bits per heavy atom. The number of alkyl halides is 3. The number of carboxylic acid groups (broad SMARTS) is 1. The molecule has 0 amide bonds. The third kappa shape index (κ3) is 1.99. The molecule has 0 saturated carbocycles. The molecule has 0 bridgehead atoms. The lowest BCUT2D eigenvalue weighted by Gasteiger charge is -2.18. The molecule has 0 aliphatic carbocycles. The van der Waals surface area contributed by atoms with Crippen molar-refractivity contribution in [3.8, 4) is 0 Å². The van der Waals surface area contributed by atoms with Crippen molar-refractivity contribution in [1.82, 2.24) is 0 Å². The molecule has 0 rings (SSSR count). The number of rotatable bonds is 4. The average Bonchev–Trinajstić information content (AvgIpc) is 2.01. The number of hydrogen-bond acceptors (Lipinski definition) is 1. The predicted octanol–water partition coefficient (Wildman–Crippen LogP) is 2.01. The second-order valence-corrected chi connectivity index (χ2v) is 2.28. The summed E-state index contributed by atoms with van der Waals surface area (Å²) in [4.78, 5) is 10.0. The minimum Gasteiger partial charge on any atom is -0.478 e. The van der Waals surface area contributed by atoms with Crippen LogP contribution in [0.3, 0.4) is 0 Å². The third-order valence-electron chi connectivity index (χ3n) is 1.41. The zero-order valence-electron chi connectivity index (χ0n) is 6.48. The second-order valence-electron chi connectivity index (χ2n) is 2.28. The lowest BCUT2D eigenvalue weighted by Crippen LogP contribution is -2.34. The molecule has 0 radical (unpaired) electrons. The first-order valence-electron chi connectivity index (χ1n) is 3.28. The molecular weight excluding hydrogens is 173 g/mol. The van der Waals surface area contributed by atoms with Gasteiger partial charge in [0, 0.05) is 0 Å². The van der Waals surface area contributed by atoms with Crippen molar-refractivity contribution in [2.45, 2.75) is 25.4 Å². The average molecular weight is 182 g/mol. The Morgan fingerprint density at radius 1 is 1.67 bits per heavy atom. The molecule has 1 N–H and O–H groups in total. The van der Waals surface area contributed by atoms with Crippen LogP contribution >= 0.6 is 0 Å². The Labute approximate surface area is 67.7 Å². The molecule has 1 unspecified atom stereocenters. The summed E-state index contributed by atoms with van der Waals surface area (Å²) >= 11 is 0. The van der Waals surface area contributed by atoms with Gasteiger partial charge in [-0.25, -0.2) is 9.18 Å². The van der Waals surface area contributed by atoms with Crippen LogP contribution in [0.5, 0.6) is 0 Å². The van der Waals surface area contributed by atoms with Crippen LogP contribution in [-0.4, -0.2) is 23.2 Å². The van der Waals surface area contributed by atoms with Gasteiger partial charge in [-0.2, -0.15) is 8.78 Å². The molecule has 1 atom stereocenters. The van der Waals surface area contributed by atoms with Gasteiger partial charge in [-0.15, -0.1) is 0 Å². The molecule has 0 spiro atoms. The van der Waals surface area contributed by atoms with Crippen LogP contribution in [0.25, 0.3) is 0 Å². The van der Waals surface area contributed by atoms with E-state index in [4.69, 9.17) is 5.11 Å². The maximum absolute atomic E-state index is 12.6. The van der Waals surface area contributed by atoms with Crippen LogP contribution in [0.15, 0.2) is 12.2 Å². The topological polar surface area (TPSA) is 37.3 Å². The number of halogens is 3. The van der Waals surface area contributed by atoms with Crippen molar-refractivity contribution in [3.63, 3.8) is 0 Å². The van der Waals surface area contributed by atoms with Crippen molar-refractivity contribution in [2.75, 3.05) is 0 Å². The zero-order chi connectivity index (χ0) is 9.94. The number of carbonyl (C=O) groups is 1. The van der Waals surface area contributed by atoms with Crippen LogP contribution in [0.2, 0.25) is 0 Å². The first kappa shape index (κ1) is 11.0. The van der Waals surface area contributed by atoms with Crippen molar-refractivity contribution in [3.05, 3.63) is 12.2 Å².